The van der Waals surface area contributed by atoms with Gasteiger partial charge < -0.3 is 19.3 Å². The molecule has 2 fully saturated rings. The van der Waals surface area contributed by atoms with Crippen molar-refractivity contribution in [1.82, 2.24) is 20.2 Å². The van der Waals surface area contributed by atoms with Crippen LogP contribution in [0, 0.1) is 0 Å². The van der Waals surface area contributed by atoms with E-state index in [0.29, 0.717) is 65.6 Å². The number of ether oxygens (including phenoxy) is 2. The molecule has 0 saturated carbocycles. The second-order valence-electron chi connectivity index (χ2n) is 7.04. The Hall–Kier alpha value is -1.75. The number of rotatable bonds is 10. The quantitative estimate of drug-likeness (QED) is 0.277. The molecule has 2 rings (SSSR count). The molecular formula is C18H32N4O6. The summed E-state index contributed by atoms with van der Waals surface area (Å²) in [5.41, 5.74) is 1.62. The molecule has 0 radical (unpaired) electrons. The second kappa shape index (κ2) is 12.7. The van der Waals surface area contributed by atoms with E-state index in [0.717, 1.165) is 12.8 Å². The fraction of sp³-hybridized carbons (Fsp3) is 0.833. The summed E-state index contributed by atoms with van der Waals surface area (Å²) in [6.07, 6.45) is 2.46. The first-order valence-corrected chi connectivity index (χ1v) is 9.96. The highest BCUT2D eigenvalue weighted by Crippen LogP contribution is 2.06. The van der Waals surface area contributed by atoms with Gasteiger partial charge in [0.15, 0.2) is 0 Å². The second-order valence-corrected chi connectivity index (χ2v) is 7.04. The molecule has 10 heteroatoms. The van der Waals surface area contributed by atoms with E-state index in [1.54, 1.807) is 15.3 Å². The molecule has 2 aliphatic rings. The summed E-state index contributed by atoms with van der Waals surface area (Å²) in [6, 6.07) is 0. The van der Waals surface area contributed by atoms with Crippen LogP contribution in [0.1, 0.15) is 25.7 Å². The SMILES string of the molecule is O=C(CCCCCN(CC(=O)N1CCOCC1)CC(=O)N1CCOCC1)NO. The maximum absolute atomic E-state index is 12.6. The minimum Gasteiger partial charge on any atom is -0.378 e. The van der Waals surface area contributed by atoms with Gasteiger partial charge in [-0.15, -0.1) is 0 Å². The van der Waals surface area contributed by atoms with Crippen LogP contribution in [0.3, 0.4) is 0 Å². The Kier molecular flexibility index (Phi) is 10.2. The van der Waals surface area contributed by atoms with E-state index in [-0.39, 0.29) is 31.3 Å². The van der Waals surface area contributed by atoms with Crippen molar-refractivity contribution in [3.05, 3.63) is 0 Å². The first-order chi connectivity index (χ1) is 13.6. The van der Waals surface area contributed by atoms with Gasteiger partial charge in [-0.1, -0.05) is 6.42 Å². The van der Waals surface area contributed by atoms with Crippen molar-refractivity contribution in [3.8, 4) is 0 Å². The molecule has 0 aromatic rings. The number of amides is 3. The van der Waals surface area contributed by atoms with Gasteiger partial charge >= 0.3 is 0 Å². The Labute approximate surface area is 165 Å². The number of carbonyl (C=O) groups is 3. The zero-order valence-corrected chi connectivity index (χ0v) is 16.4. The zero-order valence-electron chi connectivity index (χ0n) is 16.4. The third kappa shape index (κ3) is 8.09. The monoisotopic (exact) mass is 400 g/mol. The summed E-state index contributed by atoms with van der Waals surface area (Å²) in [4.78, 5) is 41.7. The van der Waals surface area contributed by atoms with Crippen molar-refractivity contribution in [2.24, 2.45) is 0 Å². The molecule has 28 heavy (non-hydrogen) atoms. The molecule has 0 spiro atoms. The average Bonchev–Trinajstić information content (AvgIpc) is 2.74. The van der Waals surface area contributed by atoms with Gasteiger partial charge in [-0.25, -0.2) is 5.48 Å². The van der Waals surface area contributed by atoms with Gasteiger partial charge in [0.05, 0.1) is 39.5 Å². The highest BCUT2D eigenvalue weighted by molar-refractivity contribution is 5.81. The number of unbranched alkanes of at least 4 members (excludes halogenated alkanes) is 2. The first kappa shape index (κ1) is 22.5. The number of hydroxylamine groups is 1. The van der Waals surface area contributed by atoms with Gasteiger partial charge in [-0.05, 0) is 19.4 Å². The molecule has 10 nitrogen and oxygen atoms in total. The van der Waals surface area contributed by atoms with Gasteiger partial charge in [-0.2, -0.15) is 0 Å². The maximum Gasteiger partial charge on any atom is 0.243 e. The minimum absolute atomic E-state index is 0.0118. The van der Waals surface area contributed by atoms with Crippen molar-refractivity contribution >= 4 is 17.7 Å². The van der Waals surface area contributed by atoms with Crippen LogP contribution in [0.2, 0.25) is 0 Å². The maximum atomic E-state index is 12.6. The van der Waals surface area contributed by atoms with Gasteiger partial charge in [0.1, 0.15) is 0 Å². The number of hydrogen-bond donors (Lipinski definition) is 2. The molecule has 3 amide bonds. The predicted octanol–water partition coefficient (Wildman–Crippen LogP) is -0.928. The van der Waals surface area contributed by atoms with Crippen LogP contribution in [-0.2, 0) is 23.9 Å². The first-order valence-electron chi connectivity index (χ1n) is 9.96. The van der Waals surface area contributed by atoms with Gasteiger partial charge in [-0.3, -0.25) is 24.5 Å². The number of hydrogen-bond acceptors (Lipinski definition) is 7. The molecule has 2 N–H and O–H groups in total. The van der Waals surface area contributed by atoms with Gasteiger partial charge in [0.2, 0.25) is 17.7 Å². The molecular weight excluding hydrogens is 368 g/mol. The molecule has 0 aromatic carbocycles. The number of carbonyl (C=O) groups excluding carboxylic acids is 3. The normalized spacial score (nSPS) is 17.6. The summed E-state index contributed by atoms with van der Waals surface area (Å²) in [5, 5.41) is 8.52. The van der Waals surface area contributed by atoms with Gasteiger partial charge in [0.25, 0.3) is 0 Å². The lowest BCUT2D eigenvalue weighted by molar-refractivity contribution is -0.140. The van der Waals surface area contributed by atoms with E-state index >= 15 is 0 Å². The van der Waals surface area contributed by atoms with Crippen LogP contribution in [-0.4, -0.2) is 110 Å². The van der Waals surface area contributed by atoms with E-state index in [1.807, 2.05) is 4.90 Å². The van der Waals surface area contributed by atoms with E-state index in [2.05, 4.69) is 0 Å². The third-order valence-corrected chi connectivity index (χ3v) is 4.95. The predicted molar refractivity (Wildman–Crippen MR) is 99.6 cm³/mol. The summed E-state index contributed by atoms with van der Waals surface area (Å²) in [6.45, 7) is 5.53. The zero-order chi connectivity index (χ0) is 20.2. The standard InChI is InChI=1S/C18H32N4O6/c23-16(19-26)4-2-1-3-5-20(14-17(24)21-6-10-27-11-7-21)15-18(25)22-8-12-28-13-9-22/h26H,1-15H2,(H,19,23). The van der Waals surface area contributed by atoms with E-state index in [1.165, 1.54) is 0 Å². The van der Waals surface area contributed by atoms with Crippen LogP contribution in [0.5, 0.6) is 0 Å². The van der Waals surface area contributed by atoms with Crippen LogP contribution in [0.4, 0.5) is 0 Å². The molecule has 2 heterocycles. The molecule has 2 aliphatic heterocycles. The van der Waals surface area contributed by atoms with Crippen molar-refractivity contribution < 1.29 is 29.1 Å². The Morgan fingerprint density at radius 3 is 1.79 bits per heavy atom. The Morgan fingerprint density at radius 2 is 1.32 bits per heavy atom. The minimum atomic E-state index is -0.401. The number of nitrogens with one attached hydrogen (secondary N) is 1. The Morgan fingerprint density at radius 1 is 0.821 bits per heavy atom. The Bertz CT molecular complexity index is 474. The van der Waals surface area contributed by atoms with Crippen molar-refractivity contribution in [2.45, 2.75) is 25.7 Å². The number of nitrogens with zero attached hydrogens (tertiary/aromatic N) is 3. The van der Waals surface area contributed by atoms with Crippen molar-refractivity contribution in [3.63, 3.8) is 0 Å². The van der Waals surface area contributed by atoms with Crippen molar-refractivity contribution in [1.29, 1.82) is 0 Å². The summed E-state index contributed by atoms with van der Waals surface area (Å²) < 4.78 is 10.6. The van der Waals surface area contributed by atoms with E-state index < -0.39 is 5.91 Å². The largest absolute Gasteiger partial charge is 0.378 e. The summed E-state index contributed by atoms with van der Waals surface area (Å²) >= 11 is 0. The molecule has 2 saturated heterocycles. The lowest BCUT2D eigenvalue weighted by Crippen LogP contribution is -2.49. The van der Waals surface area contributed by atoms with Gasteiger partial charge in [0, 0.05) is 32.6 Å². The highest BCUT2D eigenvalue weighted by Gasteiger charge is 2.23. The van der Waals surface area contributed by atoms with Crippen LogP contribution in [0.25, 0.3) is 0 Å². The fourth-order valence-electron chi connectivity index (χ4n) is 3.28. The lowest BCUT2D eigenvalue weighted by atomic mass is 10.2. The fourth-order valence-corrected chi connectivity index (χ4v) is 3.28. The van der Waals surface area contributed by atoms with Crippen LogP contribution < -0.4 is 5.48 Å². The third-order valence-electron chi connectivity index (χ3n) is 4.95. The Balaban J connectivity index is 1.81. The van der Waals surface area contributed by atoms with E-state index in [4.69, 9.17) is 14.7 Å². The molecule has 160 valence electrons. The summed E-state index contributed by atoms with van der Waals surface area (Å²) in [7, 11) is 0. The van der Waals surface area contributed by atoms with Crippen LogP contribution in [0.15, 0.2) is 0 Å². The van der Waals surface area contributed by atoms with E-state index in [9.17, 15) is 14.4 Å². The molecule has 0 unspecified atom stereocenters. The highest BCUT2D eigenvalue weighted by atomic mass is 16.5. The average molecular weight is 400 g/mol. The summed E-state index contributed by atoms with van der Waals surface area (Å²) in [5.74, 6) is -0.377. The smallest absolute Gasteiger partial charge is 0.243 e. The molecule has 0 aromatic heterocycles. The molecule has 0 aliphatic carbocycles. The topological polar surface area (TPSA) is 112 Å². The lowest BCUT2D eigenvalue weighted by Gasteiger charge is -2.32. The molecule has 0 bridgehead atoms. The molecule has 0 atom stereocenters. The van der Waals surface area contributed by atoms with Crippen LogP contribution >= 0.6 is 0 Å². The van der Waals surface area contributed by atoms with Crippen molar-refractivity contribution in [2.75, 3.05) is 72.2 Å². The number of morpholine rings is 2.